The number of anilines is 2. The summed E-state index contributed by atoms with van der Waals surface area (Å²) in [4.78, 5) is 17.7. The topological polar surface area (TPSA) is 76.4 Å². The Labute approximate surface area is 252 Å². The lowest BCUT2D eigenvalue weighted by Crippen LogP contribution is -2.35. The number of carbonyl (C=O) groups excluding carboxylic acids is 1. The molecule has 0 bridgehead atoms. The Bertz CT molecular complexity index is 1430. The standard InChI is InChI=1S/C30H36F6N6O2/c1-6-20-15-24-25(10-9-11-41(26(24)12-18(20)4)28(43)44-23(7-2)8-3)42(27-37-39-40(5)38-27)17-19-13-21(29(31,32)33)16-22(14-19)30(34,35)36/h12-16,23,25H,6-11,17H2,1-5H3/t25-/m0/s1. The zero-order chi connectivity index (χ0) is 32.4. The molecule has 0 unspecified atom stereocenters. The van der Waals surface area contributed by atoms with Crippen molar-refractivity contribution in [1.29, 1.82) is 0 Å². The first kappa shape index (κ1) is 33.1. The lowest BCUT2D eigenvalue weighted by Gasteiger charge is -2.33. The highest BCUT2D eigenvalue weighted by atomic mass is 19.4. The maximum absolute atomic E-state index is 13.7. The monoisotopic (exact) mass is 626 g/mol. The molecule has 44 heavy (non-hydrogen) atoms. The number of carbonyl (C=O) groups is 1. The lowest BCUT2D eigenvalue weighted by atomic mass is 9.93. The minimum Gasteiger partial charge on any atom is -0.446 e. The van der Waals surface area contributed by atoms with Gasteiger partial charge in [-0.1, -0.05) is 31.9 Å². The second-order valence-electron chi connectivity index (χ2n) is 10.9. The summed E-state index contributed by atoms with van der Waals surface area (Å²) in [7, 11) is 1.51. The third-order valence-corrected chi connectivity index (χ3v) is 7.91. The first-order valence-corrected chi connectivity index (χ1v) is 14.6. The number of alkyl halides is 6. The summed E-state index contributed by atoms with van der Waals surface area (Å²) in [6.45, 7) is 7.67. The van der Waals surface area contributed by atoms with Crippen molar-refractivity contribution in [3.8, 4) is 0 Å². The normalized spacial score (nSPS) is 15.7. The van der Waals surface area contributed by atoms with E-state index >= 15 is 0 Å². The first-order chi connectivity index (χ1) is 20.7. The van der Waals surface area contributed by atoms with Gasteiger partial charge in [0, 0.05) is 13.1 Å². The lowest BCUT2D eigenvalue weighted by molar-refractivity contribution is -0.143. The summed E-state index contributed by atoms with van der Waals surface area (Å²) >= 11 is 0. The van der Waals surface area contributed by atoms with Crippen molar-refractivity contribution in [2.24, 2.45) is 7.05 Å². The van der Waals surface area contributed by atoms with Gasteiger partial charge in [0.1, 0.15) is 6.10 Å². The van der Waals surface area contributed by atoms with Crippen LogP contribution in [0, 0.1) is 6.92 Å². The second kappa shape index (κ2) is 13.0. The highest BCUT2D eigenvalue weighted by molar-refractivity contribution is 5.89. The van der Waals surface area contributed by atoms with Crippen molar-refractivity contribution in [2.75, 3.05) is 16.3 Å². The predicted octanol–water partition coefficient (Wildman–Crippen LogP) is 7.79. The largest absolute Gasteiger partial charge is 0.446 e. The molecule has 1 atom stereocenters. The summed E-state index contributed by atoms with van der Waals surface area (Å²) < 4.78 is 88.1. The molecule has 8 nitrogen and oxygen atoms in total. The maximum Gasteiger partial charge on any atom is 0.416 e. The summed E-state index contributed by atoms with van der Waals surface area (Å²) in [6, 6.07) is 4.73. The number of amides is 1. The molecule has 2 heterocycles. The molecule has 4 rings (SSSR count). The fourth-order valence-electron chi connectivity index (χ4n) is 5.55. The van der Waals surface area contributed by atoms with E-state index in [1.54, 1.807) is 9.80 Å². The molecule has 0 saturated carbocycles. The van der Waals surface area contributed by atoms with Gasteiger partial charge in [-0.2, -0.15) is 31.1 Å². The molecule has 240 valence electrons. The quantitative estimate of drug-likeness (QED) is 0.238. The molecule has 1 aliphatic rings. The van der Waals surface area contributed by atoms with Crippen LogP contribution in [0.15, 0.2) is 30.3 Å². The molecule has 0 saturated heterocycles. The van der Waals surface area contributed by atoms with Crippen LogP contribution in [0.3, 0.4) is 0 Å². The Morgan fingerprint density at radius 3 is 2.18 bits per heavy atom. The fraction of sp³-hybridized carbons (Fsp3) is 0.533. The zero-order valence-corrected chi connectivity index (χ0v) is 25.3. The Hall–Kier alpha value is -3.84. The van der Waals surface area contributed by atoms with E-state index in [9.17, 15) is 31.1 Å². The zero-order valence-electron chi connectivity index (χ0n) is 25.3. The summed E-state index contributed by atoms with van der Waals surface area (Å²) in [6.07, 6.45) is -7.97. The number of halogens is 6. The van der Waals surface area contributed by atoms with Gasteiger partial charge in [0.05, 0.1) is 29.9 Å². The number of tetrazole rings is 1. The number of rotatable bonds is 8. The number of ether oxygens (including phenoxy) is 1. The van der Waals surface area contributed by atoms with E-state index in [0.717, 1.165) is 11.1 Å². The second-order valence-corrected chi connectivity index (χ2v) is 10.9. The van der Waals surface area contributed by atoms with E-state index < -0.39 is 35.6 Å². The summed E-state index contributed by atoms with van der Waals surface area (Å²) in [5, 5.41) is 12.2. The number of benzene rings is 2. The number of hydrogen-bond donors (Lipinski definition) is 0. The van der Waals surface area contributed by atoms with E-state index in [1.165, 1.54) is 11.8 Å². The van der Waals surface area contributed by atoms with Crippen LogP contribution in [0.1, 0.15) is 85.9 Å². The van der Waals surface area contributed by atoms with Gasteiger partial charge in [0.2, 0.25) is 0 Å². The molecule has 1 aromatic heterocycles. The van der Waals surface area contributed by atoms with Crippen molar-refractivity contribution in [1.82, 2.24) is 20.2 Å². The van der Waals surface area contributed by atoms with E-state index in [-0.39, 0.29) is 30.2 Å². The van der Waals surface area contributed by atoms with Gasteiger partial charge in [-0.3, -0.25) is 4.90 Å². The molecule has 1 amide bonds. The Morgan fingerprint density at radius 1 is 1.02 bits per heavy atom. The van der Waals surface area contributed by atoms with Crippen molar-refractivity contribution in [3.05, 3.63) is 63.7 Å². The molecule has 0 N–H and O–H groups in total. The third-order valence-electron chi connectivity index (χ3n) is 7.91. The number of fused-ring (bicyclic) bond motifs is 1. The Morgan fingerprint density at radius 2 is 1.66 bits per heavy atom. The Balaban J connectivity index is 1.87. The van der Waals surface area contributed by atoms with Crippen LogP contribution in [-0.4, -0.2) is 38.9 Å². The molecule has 0 spiro atoms. The first-order valence-electron chi connectivity index (χ1n) is 14.6. The van der Waals surface area contributed by atoms with Crippen molar-refractivity contribution >= 4 is 17.7 Å². The van der Waals surface area contributed by atoms with Gasteiger partial charge in [-0.15, -0.1) is 5.10 Å². The smallest absolute Gasteiger partial charge is 0.416 e. The maximum atomic E-state index is 13.7. The third kappa shape index (κ3) is 7.27. The molecule has 0 radical (unpaired) electrons. The van der Waals surface area contributed by atoms with Crippen LogP contribution >= 0.6 is 0 Å². The highest BCUT2D eigenvalue weighted by Crippen LogP contribution is 2.42. The highest BCUT2D eigenvalue weighted by Gasteiger charge is 2.38. The van der Waals surface area contributed by atoms with E-state index in [0.29, 0.717) is 62.0 Å². The van der Waals surface area contributed by atoms with Crippen molar-refractivity contribution in [3.63, 3.8) is 0 Å². The van der Waals surface area contributed by atoms with Crippen molar-refractivity contribution in [2.45, 2.75) is 90.8 Å². The van der Waals surface area contributed by atoms with Crippen molar-refractivity contribution < 1.29 is 35.9 Å². The van der Waals surface area contributed by atoms with Gasteiger partial charge in [0.15, 0.2) is 0 Å². The SMILES string of the molecule is CCc1cc2c(cc1C)N(C(=O)OC(CC)CC)CCC[C@@H]2N(Cc1cc(C(F)(F)F)cc(C(F)(F)F)c1)c1nnn(C)n1. The van der Waals surface area contributed by atoms with E-state index in [2.05, 4.69) is 15.4 Å². The number of aromatic nitrogens is 4. The van der Waals surface area contributed by atoms with Crippen LogP contribution in [0.5, 0.6) is 0 Å². The van der Waals surface area contributed by atoms with Gasteiger partial charge in [-0.25, -0.2) is 4.79 Å². The molecule has 1 aliphatic heterocycles. The average Bonchev–Trinajstić information content (AvgIpc) is 3.31. The predicted molar refractivity (Wildman–Crippen MR) is 152 cm³/mol. The van der Waals surface area contributed by atoms with Gasteiger partial charge in [0.25, 0.3) is 5.95 Å². The molecule has 14 heteroatoms. The minimum atomic E-state index is -5.00. The summed E-state index contributed by atoms with van der Waals surface area (Å²) in [5.74, 6) is 0.0288. The van der Waals surface area contributed by atoms with Crippen LogP contribution < -0.4 is 9.80 Å². The van der Waals surface area contributed by atoms with Crippen LogP contribution in [0.4, 0.5) is 42.8 Å². The molecule has 3 aromatic rings. The van der Waals surface area contributed by atoms with Gasteiger partial charge >= 0.3 is 18.4 Å². The van der Waals surface area contributed by atoms with Crippen LogP contribution in [-0.2, 0) is 37.1 Å². The van der Waals surface area contributed by atoms with Crippen LogP contribution in [0.25, 0.3) is 0 Å². The van der Waals surface area contributed by atoms with Gasteiger partial charge in [-0.05, 0) is 90.8 Å². The number of aryl methyl sites for hydroxylation is 3. The Kier molecular flexibility index (Phi) is 9.79. The molecule has 0 aliphatic carbocycles. The number of hydrogen-bond acceptors (Lipinski definition) is 6. The average molecular weight is 627 g/mol. The molecule has 2 aromatic carbocycles. The molecule has 0 fully saturated rings. The molecular formula is C30H36F6N6O2. The fourth-order valence-corrected chi connectivity index (χ4v) is 5.55. The number of nitrogens with zero attached hydrogens (tertiary/aromatic N) is 6. The van der Waals surface area contributed by atoms with E-state index in [4.69, 9.17) is 4.74 Å². The van der Waals surface area contributed by atoms with Gasteiger partial charge < -0.3 is 9.64 Å². The van der Waals surface area contributed by atoms with Crippen LogP contribution in [0.2, 0.25) is 0 Å². The minimum absolute atomic E-state index is 0.0288. The molecular weight excluding hydrogens is 590 g/mol. The summed E-state index contributed by atoms with van der Waals surface area (Å²) in [5.41, 5.74) is 0.107. The van der Waals surface area contributed by atoms with E-state index in [1.807, 2.05) is 39.8 Å².